The largest absolute Gasteiger partial charge is 0.383 e. The third-order valence-corrected chi connectivity index (χ3v) is 4.78. The molecule has 0 spiro atoms. The zero-order valence-corrected chi connectivity index (χ0v) is 14.1. The van der Waals surface area contributed by atoms with E-state index in [-0.39, 0.29) is 0 Å². The average Bonchev–Trinajstić information content (AvgIpc) is 2.56. The number of hydrogen-bond acceptors (Lipinski definition) is 5. The molecule has 0 aromatic heterocycles. The first-order chi connectivity index (χ1) is 10.9. The normalized spacial score (nSPS) is 27.1. The van der Waals surface area contributed by atoms with Crippen molar-refractivity contribution in [2.45, 2.75) is 50.6 Å². The Bertz CT molecular complexity index is 273. The van der Waals surface area contributed by atoms with E-state index in [9.17, 15) is 0 Å². The molecule has 0 aromatic carbocycles. The molecule has 0 bridgehead atoms. The first-order valence-corrected chi connectivity index (χ1v) is 8.99. The monoisotopic (exact) mass is 314 g/mol. The van der Waals surface area contributed by atoms with Crippen molar-refractivity contribution in [3.05, 3.63) is 0 Å². The molecule has 130 valence electrons. The molecular formula is C17H34N2O3. The topological polar surface area (TPSA) is 51.8 Å². The first kappa shape index (κ1) is 18.1. The van der Waals surface area contributed by atoms with Gasteiger partial charge in [0.15, 0.2) is 0 Å². The van der Waals surface area contributed by atoms with Crippen molar-refractivity contribution < 1.29 is 14.2 Å². The van der Waals surface area contributed by atoms with Gasteiger partial charge in [-0.2, -0.15) is 0 Å². The summed E-state index contributed by atoms with van der Waals surface area (Å²) >= 11 is 0. The van der Waals surface area contributed by atoms with Crippen molar-refractivity contribution in [3.63, 3.8) is 0 Å². The fraction of sp³-hybridized carbons (Fsp3) is 1.00. The zero-order chi connectivity index (χ0) is 15.5. The minimum Gasteiger partial charge on any atom is -0.383 e. The number of methoxy groups -OCH3 is 1. The fourth-order valence-corrected chi connectivity index (χ4v) is 3.48. The molecule has 1 heterocycles. The smallest absolute Gasteiger partial charge is 0.0591 e. The Morgan fingerprint density at radius 2 is 1.73 bits per heavy atom. The summed E-state index contributed by atoms with van der Waals surface area (Å²) in [5.74, 6) is 0.719. The molecule has 2 unspecified atom stereocenters. The molecule has 1 aliphatic carbocycles. The molecule has 2 N–H and O–H groups in total. The third-order valence-electron chi connectivity index (χ3n) is 4.78. The van der Waals surface area contributed by atoms with Crippen LogP contribution in [0.2, 0.25) is 0 Å². The van der Waals surface area contributed by atoms with Crippen LogP contribution in [0.15, 0.2) is 0 Å². The predicted octanol–water partition coefficient (Wildman–Crippen LogP) is 1.57. The summed E-state index contributed by atoms with van der Waals surface area (Å²) in [5.41, 5.74) is 0. The number of hydrogen-bond donors (Lipinski definition) is 2. The summed E-state index contributed by atoms with van der Waals surface area (Å²) in [6, 6.07) is 1.28. The summed E-state index contributed by atoms with van der Waals surface area (Å²) in [4.78, 5) is 0. The van der Waals surface area contributed by atoms with Gasteiger partial charge in [-0.15, -0.1) is 0 Å². The van der Waals surface area contributed by atoms with Crippen LogP contribution in [-0.4, -0.2) is 65.3 Å². The Morgan fingerprint density at radius 3 is 2.55 bits per heavy atom. The van der Waals surface area contributed by atoms with Gasteiger partial charge < -0.3 is 24.8 Å². The van der Waals surface area contributed by atoms with Crippen molar-refractivity contribution >= 4 is 0 Å². The quantitative estimate of drug-likeness (QED) is 0.600. The van der Waals surface area contributed by atoms with E-state index in [1.54, 1.807) is 7.11 Å². The van der Waals surface area contributed by atoms with E-state index in [1.165, 1.54) is 25.7 Å². The molecule has 1 aliphatic heterocycles. The zero-order valence-electron chi connectivity index (χ0n) is 14.1. The Balaban J connectivity index is 1.47. The second-order valence-electron chi connectivity index (χ2n) is 6.59. The molecule has 2 aliphatic rings. The van der Waals surface area contributed by atoms with E-state index >= 15 is 0 Å². The molecule has 2 atom stereocenters. The van der Waals surface area contributed by atoms with Crippen molar-refractivity contribution in [2.24, 2.45) is 5.92 Å². The Morgan fingerprint density at radius 1 is 0.955 bits per heavy atom. The maximum atomic E-state index is 5.89. The van der Waals surface area contributed by atoms with E-state index in [0.29, 0.717) is 12.1 Å². The van der Waals surface area contributed by atoms with E-state index in [0.717, 1.165) is 64.9 Å². The molecule has 5 heteroatoms. The second-order valence-corrected chi connectivity index (χ2v) is 6.59. The van der Waals surface area contributed by atoms with Gasteiger partial charge in [0.2, 0.25) is 0 Å². The molecule has 5 nitrogen and oxygen atoms in total. The highest BCUT2D eigenvalue weighted by Gasteiger charge is 2.21. The van der Waals surface area contributed by atoms with E-state index in [1.807, 2.05) is 0 Å². The number of nitrogens with one attached hydrogen (secondary N) is 2. The van der Waals surface area contributed by atoms with Gasteiger partial charge in [0.05, 0.1) is 13.2 Å². The SMILES string of the molecule is COCCNC1CCCC(COCCNC2CCOCC2)C1. The van der Waals surface area contributed by atoms with Gasteiger partial charge >= 0.3 is 0 Å². The molecule has 0 amide bonds. The third kappa shape index (κ3) is 7.38. The van der Waals surface area contributed by atoms with Crippen molar-refractivity contribution in [1.29, 1.82) is 0 Å². The van der Waals surface area contributed by atoms with Gasteiger partial charge in [-0.05, 0) is 38.0 Å². The number of ether oxygens (including phenoxy) is 3. The van der Waals surface area contributed by atoms with Crippen LogP contribution < -0.4 is 10.6 Å². The minimum atomic E-state index is 0.626. The van der Waals surface area contributed by atoms with Gasteiger partial charge in [0.1, 0.15) is 0 Å². The van der Waals surface area contributed by atoms with Gasteiger partial charge in [0, 0.05) is 52.1 Å². The summed E-state index contributed by atoms with van der Waals surface area (Å²) in [6.07, 6.45) is 7.45. The molecule has 2 fully saturated rings. The maximum absolute atomic E-state index is 5.89. The summed E-state index contributed by atoms with van der Waals surface area (Å²) in [7, 11) is 1.76. The van der Waals surface area contributed by atoms with Gasteiger partial charge in [-0.25, -0.2) is 0 Å². The molecular weight excluding hydrogens is 280 g/mol. The van der Waals surface area contributed by atoms with Crippen LogP contribution in [0.3, 0.4) is 0 Å². The summed E-state index contributed by atoms with van der Waals surface area (Å²) in [6.45, 7) is 6.27. The average molecular weight is 314 g/mol. The molecule has 22 heavy (non-hydrogen) atoms. The Labute approximate surface area is 135 Å². The number of rotatable bonds is 10. The second kappa shape index (κ2) is 11.4. The lowest BCUT2D eigenvalue weighted by molar-refractivity contribution is 0.0628. The highest BCUT2D eigenvalue weighted by atomic mass is 16.5. The van der Waals surface area contributed by atoms with Crippen LogP contribution in [-0.2, 0) is 14.2 Å². The van der Waals surface area contributed by atoms with Crippen molar-refractivity contribution in [3.8, 4) is 0 Å². The standard InChI is InChI=1S/C17H34N2O3/c1-20-11-7-19-17-4-2-3-15(13-17)14-22-12-8-18-16-5-9-21-10-6-16/h15-19H,2-14H2,1H3. The van der Waals surface area contributed by atoms with Crippen LogP contribution in [0.5, 0.6) is 0 Å². The lowest BCUT2D eigenvalue weighted by atomic mass is 9.86. The van der Waals surface area contributed by atoms with Crippen LogP contribution >= 0.6 is 0 Å². The minimum absolute atomic E-state index is 0.626. The van der Waals surface area contributed by atoms with Crippen LogP contribution in [0, 0.1) is 5.92 Å². The van der Waals surface area contributed by atoms with Crippen molar-refractivity contribution in [1.82, 2.24) is 10.6 Å². The van der Waals surface area contributed by atoms with Crippen LogP contribution in [0.1, 0.15) is 38.5 Å². The molecule has 0 radical (unpaired) electrons. The van der Waals surface area contributed by atoms with Gasteiger partial charge in [-0.1, -0.05) is 6.42 Å². The van der Waals surface area contributed by atoms with Gasteiger partial charge in [0.25, 0.3) is 0 Å². The van der Waals surface area contributed by atoms with Crippen molar-refractivity contribution in [2.75, 3.05) is 53.2 Å². The summed E-state index contributed by atoms with van der Waals surface area (Å²) < 4.78 is 16.4. The molecule has 1 saturated heterocycles. The molecule has 2 rings (SSSR count). The fourth-order valence-electron chi connectivity index (χ4n) is 3.48. The van der Waals surface area contributed by atoms with E-state index in [4.69, 9.17) is 14.2 Å². The van der Waals surface area contributed by atoms with Gasteiger partial charge in [-0.3, -0.25) is 0 Å². The Kier molecular flexibility index (Phi) is 9.36. The highest BCUT2D eigenvalue weighted by molar-refractivity contribution is 4.78. The summed E-state index contributed by atoms with van der Waals surface area (Å²) in [5, 5.41) is 7.16. The maximum Gasteiger partial charge on any atom is 0.0591 e. The lowest BCUT2D eigenvalue weighted by Crippen LogP contribution is -2.38. The van der Waals surface area contributed by atoms with E-state index in [2.05, 4.69) is 10.6 Å². The lowest BCUT2D eigenvalue weighted by Gasteiger charge is -2.30. The Hall–Kier alpha value is -0.200. The first-order valence-electron chi connectivity index (χ1n) is 8.99. The van der Waals surface area contributed by atoms with Crippen LogP contribution in [0.25, 0.3) is 0 Å². The van der Waals surface area contributed by atoms with Crippen LogP contribution in [0.4, 0.5) is 0 Å². The van der Waals surface area contributed by atoms with E-state index < -0.39 is 0 Å². The predicted molar refractivity (Wildman–Crippen MR) is 88.3 cm³/mol. The molecule has 0 aromatic rings. The highest BCUT2D eigenvalue weighted by Crippen LogP contribution is 2.24. The molecule has 1 saturated carbocycles.